The average Bonchev–Trinajstić information content (AvgIpc) is 2.91. The van der Waals surface area contributed by atoms with Gasteiger partial charge in [0, 0.05) is 16.5 Å². The highest BCUT2D eigenvalue weighted by Gasteiger charge is 2.09. The molecule has 2 rings (SSSR count). The third-order valence-electron chi connectivity index (χ3n) is 2.36. The molecule has 118 valence electrons. The lowest BCUT2D eigenvalue weighted by Gasteiger charge is -2.04. The second-order valence-corrected chi connectivity index (χ2v) is 8.79. The highest BCUT2D eigenvalue weighted by molar-refractivity contribution is 8.03. The minimum absolute atomic E-state index is 0.0844. The molecule has 2 aromatic rings. The summed E-state index contributed by atoms with van der Waals surface area (Å²) in [6.07, 6.45) is 0. The van der Waals surface area contributed by atoms with Gasteiger partial charge in [-0.05, 0) is 24.1 Å². The van der Waals surface area contributed by atoms with E-state index in [2.05, 4.69) is 29.4 Å². The Morgan fingerprint density at radius 3 is 2.73 bits per heavy atom. The van der Waals surface area contributed by atoms with Crippen LogP contribution in [0.1, 0.15) is 13.8 Å². The van der Waals surface area contributed by atoms with E-state index in [1.54, 1.807) is 36.0 Å². The molecule has 0 aliphatic heterocycles. The molecule has 0 saturated heterocycles. The summed E-state index contributed by atoms with van der Waals surface area (Å²) >= 11 is 10.5. The van der Waals surface area contributed by atoms with Crippen molar-refractivity contribution >= 4 is 58.1 Å². The van der Waals surface area contributed by atoms with E-state index < -0.39 is 0 Å². The van der Waals surface area contributed by atoms with Gasteiger partial charge in [-0.3, -0.25) is 4.79 Å². The van der Waals surface area contributed by atoms with Gasteiger partial charge < -0.3 is 5.32 Å². The van der Waals surface area contributed by atoms with E-state index in [0.29, 0.717) is 22.4 Å². The van der Waals surface area contributed by atoms with Crippen molar-refractivity contribution in [2.24, 2.45) is 5.92 Å². The van der Waals surface area contributed by atoms with Gasteiger partial charge in [0.2, 0.25) is 5.91 Å². The third kappa shape index (κ3) is 6.16. The first-order valence-electron chi connectivity index (χ1n) is 6.67. The van der Waals surface area contributed by atoms with E-state index in [4.69, 9.17) is 11.6 Å². The maximum Gasteiger partial charge on any atom is 0.234 e. The lowest BCUT2D eigenvalue weighted by Crippen LogP contribution is -2.13. The molecule has 22 heavy (non-hydrogen) atoms. The molecule has 1 aromatic heterocycles. The van der Waals surface area contributed by atoms with Gasteiger partial charge in [0.15, 0.2) is 8.68 Å². The summed E-state index contributed by atoms with van der Waals surface area (Å²) in [5.41, 5.74) is 0.698. The first-order chi connectivity index (χ1) is 10.5. The number of rotatable bonds is 7. The molecule has 0 saturated carbocycles. The topological polar surface area (TPSA) is 54.9 Å². The normalized spacial score (nSPS) is 10.9. The molecule has 0 radical (unpaired) electrons. The van der Waals surface area contributed by atoms with Crippen molar-refractivity contribution < 1.29 is 4.79 Å². The minimum atomic E-state index is -0.0844. The predicted molar refractivity (Wildman–Crippen MR) is 96.3 cm³/mol. The van der Waals surface area contributed by atoms with Crippen molar-refractivity contribution in [1.82, 2.24) is 10.2 Å². The number of aromatic nitrogens is 2. The van der Waals surface area contributed by atoms with Crippen molar-refractivity contribution in [3.8, 4) is 0 Å². The summed E-state index contributed by atoms with van der Waals surface area (Å²) in [4.78, 5) is 11.9. The molecule has 8 heteroatoms. The smallest absolute Gasteiger partial charge is 0.234 e. The molecule has 0 atom stereocenters. The molecule has 1 aromatic carbocycles. The standard InChI is InChI=1S/C14H16ClN3OS3/c1-9(2)7-20-13-17-18-14(22-13)21-8-12(19)16-11-5-3-4-10(15)6-11/h3-6,9H,7-8H2,1-2H3,(H,16,19). The highest BCUT2D eigenvalue weighted by atomic mass is 35.5. The number of hydrogen-bond donors (Lipinski definition) is 1. The largest absolute Gasteiger partial charge is 0.325 e. The second-order valence-electron chi connectivity index (χ2n) is 4.89. The summed E-state index contributed by atoms with van der Waals surface area (Å²) in [6.45, 7) is 4.34. The van der Waals surface area contributed by atoms with E-state index in [0.717, 1.165) is 14.4 Å². The van der Waals surface area contributed by atoms with Crippen LogP contribution in [-0.4, -0.2) is 27.6 Å². The van der Waals surface area contributed by atoms with Crippen molar-refractivity contribution in [1.29, 1.82) is 0 Å². The first kappa shape index (κ1) is 17.6. The fourth-order valence-corrected chi connectivity index (χ4v) is 4.43. The van der Waals surface area contributed by atoms with Crippen LogP contribution >= 0.6 is 46.5 Å². The van der Waals surface area contributed by atoms with Crippen LogP contribution in [0.15, 0.2) is 32.9 Å². The van der Waals surface area contributed by atoms with Gasteiger partial charge in [0.05, 0.1) is 5.75 Å². The average molecular weight is 374 g/mol. The summed E-state index contributed by atoms with van der Waals surface area (Å²) in [5, 5.41) is 11.6. The highest BCUT2D eigenvalue weighted by Crippen LogP contribution is 2.29. The molecule has 1 heterocycles. The number of halogens is 1. The summed E-state index contributed by atoms with van der Waals surface area (Å²) in [7, 11) is 0. The first-order valence-corrected chi connectivity index (χ1v) is 9.84. The van der Waals surface area contributed by atoms with E-state index in [9.17, 15) is 4.79 Å². The molecule has 0 unspecified atom stereocenters. The molecular formula is C14H16ClN3OS3. The molecule has 0 bridgehead atoms. The Morgan fingerprint density at radius 1 is 1.32 bits per heavy atom. The van der Waals surface area contributed by atoms with E-state index in [1.807, 2.05) is 0 Å². The van der Waals surface area contributed by atoms with Crippen LogP contribution in [0.3, 0.4) is 0 Å². The molecule has 4 nitrogen and oxygen atoms in total. The Labute approximate surface area is 147 Å². The van der Waals surface area contributed by atoms with Crippen molar-refractivity contribution in [2.45, 2.75) is 22.5 Å². The fourth-order valence-electron chi connectivity index (χ4n) is 1.44. The fraction of sp³-hybridized carbons (Fsp3) is 0.357. The number of hydrogen-bond acceptors (Lipinski definition) is 6. The summed E-state index contributed by atoms with van der Waals surface area (Å²) in [6, 6.07) is 7.09. The van der Waals surface area contributed by atoms with Gasteiger partial charge in [-0.1, -0.05) is 66.4 Å². The Morgan fingerprint density at radius 2 is 2.05 bits per heavy atom. The van der Waals surface area contributed by atoms with Crippen molar-refractivity contribution in [3.05, 3.63) is 29.3 Å². The van der Waals surface area contributed by atoms with Crippen molar-refractivity contribution in [3.63, 3.8) is 0 Å². The quantitative estimate of drug-likeness (QED) is 0.714. The zero-order valence-electron chi connectivity index (χ0n) is 12.2. The van der Waals surface area contributed by atoms with Crippen LogP contribution in [-0.2, 0) is 4.79 Å². The zero-order chi connectivity index (χ0) is 15.9. The number of benzene rings is 1. The third-order valence-corrected chi connectivity index (χ3v) is 6.21. The SMILES string of the molecule is CC(C)CSc1nnc(SCC(=O)Nc2cccc(Cl)c2)s1. The number of amides is 1. The number of carbonyl (C=O) groups is 1. The molecule has 0 aliphatic rings. The van der Waals surface area contributed by atoms with Crippen LogP contribution in [0.2, 0.25) is 5.02 Å². The van der Waals surface area contributed by atoms with Gasteiger partial charge in [-0.2, -0.15) is 0 Å². The number of nitrogens with one attached hydrogen (secondary N) is 1. The lowest BCUT2D eigenvalue weighted by atomic mass is 10.3. The van der Waals surface area contributed by atoms with Crippen LogP contribution in [0.4, 0.5) is 5.69 Å². The van der Waals surface area contributed by atoms with Crippen LogP contribution in [0, 0.1) is 5.92 Å². The van der Waals surface area contributed by atoms with Crippen LogP contribution < -0.4 is 5.32 Å². The van der Waals surface area contributed by atoms with Gasteiger partial charge in [-0.25, -0.2) is 0 Å². The maximum atomic E-state index is 11.9. The molecule has 0 fully saturated rings. The van der Waals surface area contributed by atoms with Gasteiger partial charge in [-0.15, -0.1) is 10.2 Å². The maximum absolute atomic E-state index is 11.9. The molecular weight excluding hydrogens is 358 g/mol. The van der Waals surface area contributed by atoms with E-state index >= 15 is 0 Å². The molecule has 1 N–H and O–H groups in total. The second kappa shape index (κ2) is 8.76. The van der Waals surface area contributed by atoms with E-state index in [1.165, 1.54) is 23.1 Å². The Bertz CT molecular complexity index is 633. The lowest BCUT2D eigenvalue weighted by molar-refractivity contribution is -0.113. The number of carbonyl (C=O) groups excluding carboxylic acids is 1. The molecule has 1 amide bonds. The molecule has 0 spiro atoms. The van der Waals surface area contributed by atoms with Crippen LogP contribution in [0.5, 0.6) is 0 Å². The Hall–Kier alpha value is -0.760. The number of anilines is 1. The van der Waals surface area contributed by atoms with Gasteiger partial charge >= 0.3 is 0 Å². The zero-order valence-corrected chi connectivity index (χ0v) is 15.4. The van der Waals surface area contributed by atoms with E-state index in [-0.39, 0.29) is 5.91 Å². The molecule has 0 aliphatic carbocycles. The summed E-state index contributed by atoms with van der Waals surface area (Å²) < 4.78 is 1.76. The summed E-state index contributed by atoms with van der Waals surface area (Å²) in [5.74, 6) is 1.86. The van der Waals surface area contributed by atoms with Gasteiger partial charge in [0.25, 0.3) is 0 Å². The minimum Gasteiger partial charge on any atom is -0.325 e. The Kier molecular flexibility index (Phi) is 7.01. The monoisotopic (exact) mass is 373 g/mol. The number of nitrogens with zero attached hydrogens (tertiary/aromatic N) is 2. The van der Waals surface area contributed by atoms with Crippen LogP contribution in [0.25, 0.3) is 0 Å². The van der Waals surface area contributed by atoms with Gasteiger partial charge in [0.1, 0.15) is 0 Å². The van der Waals surface area contributed by atoms with Crippen molar-refractivity contribution in [2.75, 3.05) is 16.8 Å². The number of thioether (sulfide) groups is 2. The Balaban J connectivity index is 1.79. The predicted octanol–water partition coefficient (Wildman–Crippen LogP) is 4.67.